The number of amides is 2. The fraction of sp³-hybridized carbons (Fsp3) is 0.304. The summed E-state index contributed by atoms with van der Waals surface area (Å²) < 4.78 is 13.4. The van der Waals surface area contributed by atoms with Crippen molar-refractivity contribution in [1.29, 1.82) is 0 Å². The van der Waals surface area contributed by atoms with Gasteiger partial charge in [0.15, 0.2) is 0 Å². The number of nitrogens with zero attached hydrogens (tertiary/aromatic N) is 2. The van der Waals surface area contributed by atoms with Crippen LogP contribution in [0.4, 0.5) is 4.39 Å². The fourth-order valence-corrected chi connectivity index (χ4v) is 3.98. The quantitative estimate of drug-likeness (QED) is 0.736. The van der Waals surface area contributed by atoms with E-state index in [1.165, 1.54) is 12.1 Å². The van der Waals surface area contributed by atoms with Crippen molar-refractivity contribution in [1.82, 2.24) is 14.8 Å². The summed E-state index contributed by atoms with van der Waals surface area (Å²) in [4.78, 5) is 31.3. The number of carbonyl (C=O) groups is 2. The Morgan fingerprint density at radius 3 is 2.31 bits per heavy atom. The van der Waals surface area contributed by atoms with E-state index in [4.69, 9.17) is 0 Å². The minimum absolute atomic E-state index is 0.0554. The number of rotatable bonds is 4. The number of fused-ring (bicyclic) bond motifs is 1. The van der Waals surface area contributed by atoms with Crippen molar-refractivity contribution in [2.45, 2.75) is 19.8 Å². The van der Waals surface area contributed by atoms with E-state index >= 15 is 0 Å². The lowest BCUT2D eigenvalue weighted by atomic mass is 10.0. The van der Waals surface area contributed by atoms with Crippen molar-refractivity contribution in [2.75, 3.05) is 26.2 Å². The van der Waals surface area contributed by atoms with Crippen molar-refractivity contribution in [2.24, 2.45) is 0 Å². The Labute approximate surface area is 169 Å². The molecule has 2 amide bonds. The highest BCUT2D eigenvalue weighted by molar-refractivity contribution is 5.91. The molecule has 0 aliphatic carbocycles. The lowest BCUT2D eigenvalue weighted by Gasteiger charge is -2.34. The van der Waals surface area contributed by atoms with Gasteiger partial charge in [-0.05, 0) is 47.9 Å². The maximum Gasteiger partial charge on any atom is 0.223 e. The molecule has 1 aromatic heterocycles. The van der Waals surface area contributed by atoms with E-state index in [1.54, 1.807) is 24.0 Å². The molecule has 1 fully saturated rings. The topological polar surface area (TPSA) is 56.4 Å². The summed E-state index contributed by atoms with van der Waals surface area (Å²) in [6.07, 6.45) is 0.999. The minimum Gasteiger partial charge on any atom is -0.354 e. The molecule has 0 saturated carbocycles. The van der Waals surface area contributed by atoms with Gasteiger partial charge in [0.2, 0.25) is 11.8 Å². The first kappa shape index (κ1) is 19.2. The molecule has 2 aromatic carbocycles. The molecule has 0 spiro atoms. The van der Waals surface area contributed by atoms with Crippen molar-refractivity contribution < 1.29 is 14.0 Å². The van der Waals surface area contributed by atoms with Gasteiger partial charge in [0.25, 0.3) is 0 Å². The number of hydrogen-bond acceptors (Lipinski definition) is 2. The number of nitrogens with one attached hydrogen (secondary N) is 1. The number of para-hydroxylation sites is 1. The summed E-state index contributed by atoms with van der Waals surface area (Å²) in [6.45, 7) is 3.91. The number of aromatic nitrogens is 1. The van der Waals surface area contributed by atoms with Crippen molar-refractivity contribution in [3.8, 4) is 11.3 Å². The first-order chi connectivity index (χ1) is 14.0. The molecule has 2 heterocycles. The third kappa shape index (κ3) is 4.01. The summed E-state index contributed by atoms with van der Waals surface area (Å²) in [6, 6.07) is 14.4. The van der Waals surface area contributed by atoms with Gasteiger partial charge in [0.1, 0.15) is 5.82 Å². The van der Waals surface area contributed by atoms with Crippen LogP contribution in [0.5, 0.6) is 0 Å². The van der Waals surface area contributed by atoms with Gasteiger partial charge in [-0.1, -0.05) is 18.2 Å². The van der Waals surface area contributed by atoms with E-state index in [-0.39, 0.29) is 17.6 Å². The smallest absolute Gasteiger partial charge is 0.223 e. The third-order valence-corrected chi connectivity index (χ3v) is 5.61. The number of piperazine rings is 1. The number of aromatic amines is 1. The first-order valence-electron chi connectivity index (χ1n) is 9.92. The number of carbonyl (C=O) groups excluding carboxylic acids is 2. The normalized spacial score (nSPS) is 14.4. The van der Waals surface area contributed by atoms with Crippen LogP contribution < -0.4 is 0 Å². The van der Waals surface area contributed by atoms with Gasteiger partial charge in [-0.3, -0.25) is 9.59 Å². The van der Waals surface area contributed by atoms with Gasteiger partial charge < -0.3 is 14.8 Å². The summed E-state index contributed by atoms with van der Waals surface area (Å²) in [7, 11) is 0. The van der Waals surface area contributed by atoms with Gasteiger partial charge in [-0.25, -0.2) is 4.39 Å². The molecule has 3 aromatic rings. The molecule has 150 valence electrons. The molecule has 1 saturated heterocycles. The summed E-state index contributed by atoms with van der Waals surface area (Å²) in [5.74, 6) is -0.116. The van der Waals surface area contributed by atoms with Crippen LogP contribution in [0.25, 0.3) is 22.2 Å². The molecule has 0 unspecified atom stereocenters. The second-order valence-electron chi connectivity index (χ2n) is 7.42. The maximum atomic E-state index is 13.4. The van der Waals surface area contributed by atoms with Crippen LogP contribution in [0.3, 0.4) is 0 Å². The molecule has 1 aliphatic heterocycles. The summed E-state index contributed by atoms with van der Waals surface area (Å²) in [5.41, 5.74) is 3.91. The molecule has 4 rings (SSSR count). The van der Waals surface area contributed by atoms with Crippen molar-refractivity contribution in [3.63, 3.8) is 0 Å². The minimum atomic E-state index is -0.272. The summed E-state index contributed by atoms with van der Waals surface area (Å²) >= 11 is 0. The number of halogens is 1. The van der Waals surface area contributed by atoms with E-state index < -0.39 is 0 Å². The van der Waals surface area contributed by atoms with Gasteiger partial charge in [0, 0.05) is 56.1 Å². The largest absolute Gasteiger partial charge is 0.354 e. The Morgan fingerprint density at radius 1 is 0.966 bits per heavy atom. The highest BCUT2D eigenvalue weighted by Crippen LogP contribution is 2.31. The number of hydrogen-bond donors (Lipinski definition) is 1. The molecule has 0 radical (unpaired) electrons. The second kappa shape index (κ2) is 8.07. The molecule has 0 atom stereocenters. The Morgan fingerprint density at radius 2 is 1.62 bits per heavy atom. The Hall–Kier alpha value is -3.15. The van der Waals surface area contributed by atoms with Gasteiger partial charge in [0.05, 0.1) is 0 Å². The molecule has 1 N–H and O–H groups in total. The molecule has 0 bridgehead atoms. The molecule has 1 aliphatic rings. The van der Waals surface area contributed by atoms with E-state index in [9.17, 15) is 14.0 Å². The van der Waals surface area contributed by atoms with Crippen LogP contribution in [-0.4, -0.2) is 52.8 Å². The highest BCUT2D eigenvalue weighted by atomic mass is 19.1. The monoisotopic (exact) mass is 393 g/mol. The lowest BCUT2D eigenvalue weighted by molar-refractivity contribution is -0.138. The van der Waals surface area contributed by atoms with Crippen LogP contribution in [0, 0.1) is 5.82 Å². The van der Waals surface area contributed by atoms with Crippen molar-refractivity contribution >= 4 is 22.7 Å². The van der Waals surface area contributed by atoms with Crippen LogP contribution in [0.15, 0.2) is 48.5 Å². The van der Waals surface area contributed by atoms with Gasteiger partial charge in [-0.2, -0.15) is 0 Å². The van der Waals surface area contributed by atoms with Crippen LogP contribution in [0.1, 0.15) is 18.9 Å². The zero-order valence-electron chi connectivity index (χ0n) is 16.5. The van der Waals surface area contributed by atoms with Crippen LogP contribution >= 0.6 is 0 Å². The SMILES string of the molecule is CC(=O)N1CCN(C(=O)CCc2c(-c3ccc(F)cc3)[nH]c3ccccc23)CC1. The first-order valence-corrected chi connectivity index (χ1v) is 9.92. The Kier molecular flexibility index (Phi) is 5.34. The predicted molar refractivity (Wildman–Crippen MR) is 111 cm³/mol. The molecular formula is C23H24FN3O2. The van der Waals surface area contributed by atoms with Crippen LogP contribution in [-0.2, 0) is 16.0 Å². The van der Waals surface area contributed by atoms with Gasteiger partial charge in [-0.15, -0.1) is 0 Å². The molecule has 29 heavy (non-hydrogen) atoms. The van der Waals surface area contributed by atoms with Crippen LogP contribution in [0.2, 0.25) is 0 Å². The lowest BCUT2D eigenvalue weighted by Crippen LogP contribution is -2.50. The average Bonchev–Trinajstić information content (AvgIpc) is 3.11. The zero-order valence-corrected chi connectivity index (χ0v) is 16.5. The second-order valence-corrected chi connectivity index (χ2v) is 7.42. The number of aryl methyl sites for hydroxylation is 1. The van der Waals surface area contributed by atoms with E-state index in [0.717, 1.165) is 27.7 Å². The van der Waals surface area contributed by atoms with E-state index in [1.807, 2.05) is 29.2 Å². The van der Waals surface area contributed by atoms with Gasteiger partial charge >= 0.3 is 0 Å². The zero-order chi connectivity index (χ0) is 20.4. The number of H-pyrrole nitrogens is 1. The highest BCUT2D eigenvalue weighted by Gasteiger charge is 2.23. The summed E-state index contributed by atoms with van der Waals surface area (Å²) in [5, 5.41) is 1.08. The van der Waals surface area contributed by atoms with Crippen molar-refractivity contribution in [3.05, 3.63) is 59.9 Å². The third-order valence-electron chi connectivity index (χ3n) is 5.61. The molecular weight excluding hydrogens is 369 g/mol. The number of benzene rings is 2. The fourth-order valence-electron chi connectivity index (χ4n) is 3.98. The Balaban J connectivity index is 1.53. The Bertz CT molecular complexity index is 1030. The predicted octanol–water partition coefficient (Wildman–Crippen LogP) is 3.60. The molecule has 6 heteroatoms. The van der Waals surface area contributed by atoms with E-state index in [0.29, 0.717) is 39.0 Å². The maximum absolute atomic E-state index is 13.4. The molecule has 5 nitrogen and oxygen atoms in total. The van der Waals surface area contributed by atoms with E-state index in [2.05, 4.69) is 4.98 Å². The average molecular weight is 393 g/mol. The standard InChI is InChI=1S/C23H24FN3O2/c1-16(28)26-12-14-27(15-13-26)22(29)11-10-20-19-4-2-3-5-21(19)25-23(20)17-6-8-18(24)9-7-17/h2-9,25H,10-15H2,1H3.